The van der Waals surface area contributed by atoms with Gasteiger partial charge in [0.2, 0.25) is 0 Å². The monoisotopic (exact) mass is 624 g/mol. The molecule has 182 valence electrons. The average molecular weight is 625 g/mol. The van der Waals surface area contributed by atoms with E-state index in [4.69, 9.17) is 37.4 Å². The molecule has 0 bridgehead atoms. The summed E-state index contributed by atoms with van der Waals surface area (Å²) in [4.78, 5) is 4.39. The predicted molar refractivity (Wildman–Crippen MR) is 147 cm³/mol. The normalized spacial score (nSPS) is 10.9. The molecule has 0 spiro atoms. The molecule has 1 aromatic heterocycles. The zero-order chi connectivity index (χ0) is 25.4. The molecule has 1 heterocycles. The van der Waals surface area contributed by atoms with E-state index in [-0.39, 0.29) is 0 Å². The summed E-state index contributed by atoms with van der Waals surface area (Å²) in [6.07, 6.45) is 1.63. The van der Waals surface area contributed by atoms with Gasteiger partial charge in [0.15, 0.2) is 17.3 Å². The minimum absolute atomic E-state index is 0.307. The molecule has 0 aliphatic heterocycles. The van der Waals surface area contributed by atoms with Crippen molar-refractivity contribution in [2.75, 3.05) is 19.1 Å². The standard InChI is InChI=1S/C25H23Cl2IN4O3/c1-4-34-23-10-17(9-22(28)24(23)35-13-16-5-6-20(26)21(27)8-16)12-30-32-25-19(11-29)18(14-33-3)7-15(2)31-25/h5-10,12H,4,13-14H2,1-3H3,(H,31,32). The highest BCUT2D eigenvalue weighted by Gasteiger charge is 2.14. The molecule has 0 aliphatic rings. The maximum absolute atomic E-state index is 9.57. The Morgan fingerprint density at radius 3 is 2.63 bits per heavy atom. The molecule has 0 aliphatic carbocycles. The van der Waals surface area contributed by atoms with E-state index in [1.165, 1.54) is 0 Å². The van der Waals surface area contributed by atoms with E-state index >= 15 is 0 Å². The van der Waals surface area contributed by atoms with Gasteiger partial charge in [-0.05, 0) is 77.9 Å². The van der Waals surface area contributed by atoms with Crippen molar-refractivity contribution in [1.29, 1.82) is 5.26 Å². The van der Waals surface area contributed by atoms with Gasteiger partial charge in [-0.3, -0.25) is 5.43 Å². The minimum Gasteiger partial charge on any atom is -0.490 e. The van der Waals surface area contributed by atoms with Crippen LogP contribution in [0.4, 0.5) is 5.82 Å². The van der Waals surface area contributed by atoms with Crippen LogP contribution in [-0.4, -0.2) is 24.9 Å². The van der Waals surface area contributed by atoms with Crippen LogP contribution in [0.3, 0.4) is 0 Å². The van der Waals surface area contributed by atoms with Crippen LogP contribution in [0.1, 0.15) is 34.9 Å². The van der Waals surface area contributed by atoms with E-state index in [1.54, 1.807) is 25.5 Å². The van der Waals surface area contributed by atoms with Crippen LogP contribution in [0.5, 0.6) is 11.5 Å². The lowest BCUT2D eigenvalue weighted by Gasteiger charge is -2.15. The molecule has 0 radical (unpaired) electrons. The maximum atomic E-state index is 9.57. The molecule has 10 heteroatoms. The number of hydrogen-bond acceptors (Lipinski definition) is 7. The molecule has 0 atom stereocenters. The molecule has 0 saturated heterocycles. The van der Waals surface area contributed by atoms with Crippen molar-refractivity contribution in [3.8, 4) is 17.6 Å². The number of nitrogens with zero attached hydrogens (tertiary/aromatic N) is 3. The van der Waals surface area contributed by atoms with Gasteiger partial charge in [0.05, 0.1) is 33.0 Å². The van der Waals surface area contributed by atoms with E-state index in [9.17, 15) is 5.26 Å². The SMILES string of the molecule is CCOc1cc(C=NNc2nc(C)cc(COC)c2C#N)cc(I)c1OCc1ccc(Cl)c(Cl)c1. The fourth-order valence-electron chi connectivity index (χ4n) is 3.23. The molecule has 3 rings (SSSR count). The Balaban J connectivity index is 1.81. The topological polar surface area (TPSA) is 88.8 Å². The van der Waals surface area contributed by atoms with Gasteiger partial charge in [0.1, 0.15) is 18.2 Å². The zero-order valence-corrected chi connectivity index (χ0v) is 23.0. The Labute approximate surface area is 228 Å². The van der Waals surface area contributed by atoms with Crippen molar-refractivity contribution >= 4 is 57.8 Å². The number of aryl methyl sites for hydroxylation is 1. The van der Waals surface area contributed by atoms with Crippen molar-refractivity contribution in [2.24, 2.45) is 5.10 Å². The quantitative estimate of drug-likeness (QED) is 0.153. The predicted octanol–water partition coefficient (Wildman–Crippen LogP) is 6.74. The third-order valence-corrected chi connectivity index (χ3v) is 6.26. The summed E-state index contributed by atoms with van der Waals surface area (Å²) in [5.74, 6) is 1.59. The molecule has 0 unspecified atom stereocenters. The number of anilines is 1. The summed E-state index contributed by atoms with van der Waals surface area (Å²) < 4.78 is 17.9. The van der Waals surface area contributed by atoms with Gasteiger partial charge < -0.3 is 14.2 Å². The molecule has 7 nitrogen and oxygen atoms in total. The number of hydrogen-bond donors (Lipinski definition) is 1. The van der Waals surface area contributed by atoms with Gasteiger partial charge in [0.25, 0.3) is 0 Å². The summed E-state index contributed by atoms with van der Waals surface area (Å²) in [5, 5.41) is 14.8. The smallest absolute Gasteiger partial charge is 0.175 e. The highest BCUT2D eigenvalue weighted by molar-refractivity contribution is 14.1. The summed E-state index contributed by atoms with van der Waals surface area (Å²) in [6, 6.07) is 13.1. The largest absolute Gasteiger partial charge is 0.490 e. The second-order valence-corrected chi connectivity index (χ2v) is 9.34. The first-order valence-electron chi connectivity index (χ1n) is 10.6. The molecule has 3 aromatic rings. The number of halogens is 3. The lowest BCUT2D eigenvalue weighted by molar-refractivity contribution is 0.184. The Bertz CT molecular complexity index is 1280. The Hall–Kier alpha value is -2.58. The number of methoxy groups -OCH3 is 1. The third kappa shape index (κ3) is 7.21. The Morgan fingerprint density at radius 1 is 1.14 bits per heavy atom. The van der Waals surface area contributed by atoms with E-state index in [0.29, 0.717) is 52.7 Å². The van der Waals surface area contributed by atoms with Gasteiger partial charge in [0, 0.05) is 18.4 Å². The lowest BCUT2D eigenvalue weighted by atomic mass is 10.1. The number of aromatic nitrogens is 1. The average Bonchev–Trinajstić information content (AvgIpc) is 2.81. The maximum Gasteiger partial charge on any atom is 0.175 e. The Kier molecular flexibility index (Phi) is 9.98. The molecule has 0 saturated carbocycles. The van der Waals surface area contributed by atoms with Gasteiger partial charge in [-0.1, -0.05) is 29.3 Å². The van der Waals surface area contributed by atoms with Crippen LogP contribution in [0.15, 0.2) is 41.5 Å². The summed E-state index contributed by atoms with van der Waals surface area (Å²) >= 11 is 14.3. The van der Waals surface area contributed by atoms with Crippen LogP contribution >= 0.6 is 45.8 Å². The van der Waals surface area contributed by atoms with Crippen molar-refractivity contribution in [2.45, 2.75) is 27.1 Å². The fourth-order valence-corrected chi connectivity index (χ4v) is 4.34. The van der Waals surface area contributed by atoms with E-state index in [2.05, 4.69) is 44.2 Å². The molecule has 1 N–H and O–H groups in total. The molecule has 2 aromatic carbocycles. The van der Waals surface area contributed by atoms with Crippen molar-refractivity contribution in [3.63, 3.8) is 0 Å². The number of hydrazone groups is 1. The van der Waals surface area contributed by atoms with E-state index in [0.717, 1.165) is 26.0 Å². The number of nitrogens with one attached hydrogen (secondary N) is 1. The van der Waals surface area contributed by atoms with Crippen molar-refractivity contribution < 1.29 is 14.2 Å². The first-order valence-corrected chi connectivity index (χ1v) is 12.4. The zero-order valence-electron chi connectivity index (χ0n) is 19.4. The van der Waals surface area contributed by atoms with Gasteiger partial charge in [-0.25, -0.2) is 4.98 Å². The summed E-state index contributed by atoms with van der Waals surface area (Å²) in [5.41, 5.74) is 6.45. The second kappa shape index (κ2) is 12.9. The molecular weight excluding hydrogens is 602 g/mol. The summed E-state index contributed by atoms with van der Waals surface area (Å²) in [7, 11) is 1.58. The number of nitriles is 1. The highest BCUT2D eigenvalue weighted by Crippen LogP contribution is 2.35. The highest BCUT2D eigenvalue weighted by atomic mass is 127. The molecule has 0 fully saturated rings. The van der Waals surface area contributed by atoms with Crippen LogP contribution in [0, 0.1) is 21.8 Å². The third-order valence-electron chi connectivity index (χ3n) is 4.72. The van der Waals surface area contributed by atoms with Crippen molar-refractivity contribution in [1.82, 2.24) is 4.98 Å². The van der Waals surface area contributed by atoms with Crippen LogP contribution < -0.4 is 14.9 Å². The second-order valence-electron chi connectivity index (χ2n) is 7.36. The number of rotatable bonds is 10. The lowest BCUT2D eigenvalue weighted by Crippen LogP contribution is -2.04. The minimum atomic E-state index is 0.307. The van der Waals surface area contributed by atoms with Crippen molar-refractivity contribution in [3.05, 3.63) is 78.0 Å². The number of ether oxygens (including phenoxy) is 3. The molecule has 35 heavy (non-hydrogen) atoms. The van der Waals surface area contributed by atoms with Gasteiger partial charge >= 0.3 is 0 Å². The number of benzene rings is 2. The molecular formula is C25H23Cl2IN4O3. The summed E-state index contributed by atoms with van der Waals surface area (Å²) in [6.45, 7) is 4.84. The van der Waals surface area contributed by atoms with Gasteiger partial charge in [-0.15, -0.1) is 0 Å². The first kappa shape index (κ1) is 27.0. The van der Waals surface area contributed by atoms with E-state index in [1.807, 2.05) is 38.1 Å². The van der Waals surface area contributed by atoms with Crippen LogP contribution in [0.25, 0.3) is 0 Å². The fraction of sp³-hybridized carbons (Fsp3) is 0.240. The van der Waals surface area contributed by atoms with Gasteiger partial charge in [-0.2, -0.15) is 10.4 Å². The van der Waals surface area contributed by atoms with Crippen LogP contribution in [-0.2, 0) is 18.0 Å². The Morgan fingerprint density at radius 2 is 1.94 bits per heavy atom. The van der Waals surface area contributed by atoms with Crippen LogP contribution in [0.2, 0.25) is 10.0 Å². The first-order chi connectivity index (χ1) is 16.9. The van der Waals surface area contributed by atoms with E-state index < -0.39 is 0 Å². The molecule has 0 amide bonds. The number of pyridine rings is 1.